The molecule has 0 amide bonds. The zero-order valence-corrected chi connectivity index (χ0v) is 24.8. The molecule has 0 aliphatic carbocycles. The number of nitrogens with zero attached hydrogens (tertiary/aromatic N) is 2. The van der Waals surface area contributed by atoms with Crippen LogP contribution in [0.4, 0.5) is 5.82 Å². The average Bonchev–Trinajstić information content (AvgIpc) is 2.91. The number of aliphatic hydroxyl groups excluding tert-OH is 1. The maximum Gasteiger partial charge on any atom is 0.353 e. The second kappa shape index (κ2) is 23.2. The zero-order valence-electron chi connectivity index (χ0n) is 23.9. The van der Waals surface area contributed by atoms with Crippen LogP contribution >= 0.6 is 7.60 Å². The van der Waals surface area contributed by atoms with Gasteiger partial charge in [0.1, 0.15) is 12.2 Å². The molecule has 226 valence electrons. The number of hydrogen-bond acceptors (Lipinski definition) is 8. The molecule has 0 aliphatic heterocycles. The number of nitrogens with two attached hydrogens (primary N) is 1. The summed E-state index contributed by atoms with van der Waals surface area (Å²) in [6, 6.07) is 1.44. The Kier molecular flexibility index (Phi) is 21.1. The predicted octanol–water partition coefficient (Wildman–Crippen LogP) is 5.42. The first-order chi connectivity index (χ1) is 18.9. The maximum atomic E-state index is 12.2. The topological polar surface area (TPSA) is 146 Å². The monoisotopic (exact) mass is 573 g/mol. The summed E-state index contributed by atoms with van der Waals surface area (Å²) in [5.41, 5.74) is 4.85. The molecule has 1 unspecified atom stereocenters. The number of anilines is 1. The molecule has 39 heavy (non-hydrogen) atoms. The van der Waals surface area contributed by atoms with Crippen LogP contribution in [0.1, 0.15) is 96.8 Å². The van der Waals surface area contributed by atoms with E-state index in [2.05, 4.69) is 24.1 Å². The lowest BCUT2D eigenvalue weighted by Gasteiger charge is -2.19. The fourth-order valence-electron chi connectivity index (χ4n) is 3.99. The number of nitrogen functional groups attached to an aromatic ring is 1. The molecule has 0 bridgehead atoms. The minimum atomic E-state index is -4.02. The second-order valence-corrected chi connectivity index (χ2v) is 11.7. The molecule has 1 aromatic heterocycles. The highest BCUT2D eigenvalue weighted by atomic mass is 31.2. The van der Waals surface area contributed by atoms with E-state index >= 15 is 0 Å². The lowest BCUT2D eigenvalue weighted by molar-refractivity contribution is 0.0147. The minimum Gasteiger partial charge on any atom is -0.394 e. The van der Waals surface area contributed by atoms with Crippen LogP contribution < -0.4 is 11.4 Å². The standard InChI is InChI=1S/C28H52N3O7P/c1-2-3-4-5-6-7-8-9-10-11-12-13-14-15-16-17-20-36-21-22-38-39(34,35)25-37-26(24-32)23-31-19-18-27(29)30-28(31)33/h9-10,18-19,26,32H,2-8,11-17,20-25H2,1H3,(H,34,35)(H2,29,30,33)/b10-9-/t26-/m0/s1. The summed E-state index contributed by atoms with van der Waals surface area (Å²) in [5.74, 6) is 0.0841. The quantitative estimate of drug-likeness (QED) is 0.0751. The van der Waals surface area contributed by atoms with Crippen LogP contribution in [-0.2, 0) is 25.1 Å². The average molecular weight is 574 g/mol. The van der Waals surface area contributed by atoms with Gasteiger partial charge in [-0.3, -0.25) is 9.13 Å². The van der Waals surface area contributed by atoms with E-state index < -0.39 is 32.3 Å². The fraction of sp³-hybridized carbons (Fsp3) is 0.786. The van der Waals surface area contributed by atoms with Crippen molar-refractivity contribution in [1.82, 2.24) is 9.55 Å². The van der Waals surface area contributed by atoms with E-state index in [1.807, 2.05) is 0 Å². The van der Waals surface area contributed by atoms with Crippen LogP contribution in [0, 0.1) is 0 Å². The van der Waals surface area contributed by atoms with Crippen LogP contribution in [-0.4, -0.2) is 58.4 Å². The molecule has 0 fully saturated rings. The molecule has 1 aromatic rings. The summed E-state index contributed by atoms with van der Waals surface area (Å²) in [7, 11) is -4.02. The molecule has 0 radical (unpaired) electrons. The van der Waals surface area contributed by atoms with Crippen molar-refractivity contribution in [1.29, 1.82) is 0 Å². The van der Waals surface area contributed by atoms with Crippen molar-refractivity contribution < 1.29 is 28.6 Å². The molecule has 0 aromatic carbocycles. The number of ether oxygens (including phenoxy) is 2. The van der Waals surface area contributed by atoms with Crippen molar-refractivity contribution in [2.75, 3.05) is 38.5 Å². The number of hydrogen-bond donors (Lipinski definition) is 3. The number of rotatable bonds is 26. The maximum absolute atomic E-state index is 12.2. The molecule has 0 aliphatic rings. The Hall–Kier alpha value is -1.55. The molecule has 10 nitrogen and oxygen atoms in total. The fourth-order valence-corrected chi connectivity index (χ4v) is 4.83. The first-order valence-electron chi connectivity index (χ1n) is 14.6. The highest BCUT2D eigenvalue weighted by Crippen LogP contribution is 2.41. The molecular weight excluding hydrogens is 521 g/mol. The summed E-state index contributed by atoms with van der Waals surface area (Å²) in [6.07, 6.45) is 22.1. The number of aromatic nitrogens is 2. The summed E-state index contributed by atoms with van der Waals surface area (Å²) in [4.78, 5) is 25.3. The van der Waals surface area contributed by atoms with Crippen LogP contribution in [0.5, 0.6) is 0 Å². The molecule has 0 spiro atoms. The zero-order chi connectivity index (χ0) is 28.6. The predicted molar refractivity (Wildman–Crippen MR) is 156 cm³/mol. The van der Waals surface area contributed by atoms with Crippen LogP contribution in [0.15, 0.2) is 29.2 Å². The Labute approximate surface area is 234 Å². The third-order valence-corrected chi connectivity index (χ3v) is 7.36. The summed E-state index contributed by atoms with van der Waals surface area (Å²) in [5, 5.41) is 9.46. The Morgan fingerprint density at radius 2 is 1.59 bits per heavy atom. The van der Waals surface area contributed by atoms with Gasteiger partial charge in [-0.05, 0) is 38.2 Å². The van der Waals surface area contributed by atoms with Gasteiger partial charge in [-0.15, -0.1) is 0 Å². The van der Waals surface area contributed by atoms with E-state index in [1.54, 1.807) is 0 Å². The van der Waals surface area contributed by atoms with Gasteiger partial charge in [0, 0.05) is 12.8 Å². The van der Waals surface area contributed by atoms with Gasteiger partial charge in [0.25, 0.3) is 0 Å². The van der Waals surface area contributed by atoms with Crippen molar-refractivity contribution in [3.63, 3.8) is 0 Å². The lowest BCUT2D eigenvalue weighted by Crippen LogP contribution is -2.32. The highest BCUT2D eigenvalue weighted by Gasteiger charge is 2.22. The summed E-state index contributed by atoms with van der Waals surface area (Å²) >= 11 is 0. The molecular formula is C28H52N3O7P. The number of allylic oxidation sites excluding steroid dienone is 2. The molecule has 2 atom stereocenters. The molecule has 1 rings (SSSR count). The molecule has 11 heteroatoms. The van der Waals surface area contributed by atoms with Gasteiger partial charge in [0.2, 0.25) is 0 Å². The third-order valence-electron chi connectivity index (χ3n) is 6.29. The van der Waals surface area contributed by atoms with Crippen molar-refractivity contribution in [2.24, 2.45) is 0 Å². The largest absolute Gasteiger partial charge is 0.394 e. The van der Waals surface area contributed by atoms with Crippen molar-refractivity contribution in [3.05, 3.63) is 34.9 Å². The van der Waals surface area contributed by atoms with Gasteiger partial charge in [-0.25, -0.2) is 4.79 Å². The lowest BCUT2D eigenvalue weighted by atomic mass is 10.1. The second-order valence-electron chi connectivity index (χ2n) is 9.91. The van der Waals surface area contributed by atoms with Crippen molar-refractivity contribution in [2.45, 2.75) is 109 Å². The Morgan fingerprint density at radius 3 is 2.21 bits per heavy atom. The van der Waals surface area contributed by atoms with Crippen molar-refractivity contribution >= 4 is 13.4 Å². The van der Waals surface area contributed by atoms with Crippen LogP contribution in [0.2, 0.25) is 0 Å². The molecule has 1 heterocycles. The van der Waals surface area contributed by atoms with Crippen molar-refractivity contribution in [3.8, 4) is 0 Å². The van der Waals surface area contributed by atoms with Gasteiger partial charge < -0.3 is 29.7 Å². The van der Waals surface area contributed by atoms with Crippen LogP contribution in [0.25, 0.3) is 0 Å². The third kappa shape index (κ3) is 20.0. The normalized spacial score (nSPS) is 14.1. The number of aliphatic hydroxyl groups is 1. The smallest absolute Gasteiger partial charge is 0.353 e. The minimum absolute atomic E-state index is 0.0331. The highest BCUT2D eigenvalue weighted by molar-refractivity contribution is 7.52. The van der Waals surface area contributed by atoms with Gasteiger partial charge in [-0.2, -0.15) is 4.98 Å². The van der Waals surface area contributed by atoms with E-state index in [1.165, 1.54) is 93.9 Å². The Balaban J connectivity index is 1.95. The van der Waals surface area contributed by atoms with Crippen LogP contribution in [0.3, 0.4) is 0 Å². The van der Waals surface area contributed by atoms with E-state index in [9.17, 15) is 19.4 Å². The first kappa shape index (κ1) is 35.5. The van der Waals surface area contributed by atoms with E-state index in [0.717, 1.165) is 12.8 Å². The summed E-state index contributed by atoms with van der Waals surface area (Å²) < 4.78 is 29.2. The Bertz CT molecular complexity index is 866. The van der Waals surface area contributed by atoms with E-state index in [0.29, 0.717) is 6.61 Å². The van der Waals surface area contributed by atoms with E-state index in [4.69, 9.17) is 19.7 Å². The van der Waals surface area contributed by atoms with Gasteiger partial charge >= 0.3 is 13.3 Å². The van der Waals surface area contributed by atoms with Gasteiger partial charge in [0.15, 0.2) is 0 Å². The Morgan fingerprint density at radius 1 is 0.974 bits per heavy atom. The SMILES string of the molecule is CCCCCCCC/C=C\CCCCCCCCOCCOP(=O)(O)CO[C@H](CO)Cn1ccc(N)nc1=O. The van der Waals surface area contributed by atoms with E-state index in [-0.39, 0.29) is 25.6 Å². The number of unbranched alkanes of at least 4 members (excludes halogenated alkanes) is 12. The molecule has 0 saturated heterocycles. The van der Waals surface area contributed by atoms with Gasteiger partial charge in [-0.1, -0.05) is 76.9 Å². The van der Waals surface area contributed by atoms with Gasteiger partial charge in [0.05, 0.1) is 32.5 Å². The first-order valence-corrected chi connectivity index (χ1v) is 16.4. The molecule has 4 N–H and O–H groups in total. The summed E-state index contributed by atoms with van der Waals surface area (Å²) in [6.45, 7) is 2.54. The molecule has 0 saturated carbocycles.